The van der Waals surface area contributed by atoms with Gasteiger partial charge in [0.25, 0.3) is 11.7 Å². The molecule has 1 atom stereocenters. The Labute approximate surface area is 115 Å². The molecule has 8 heteroatoms. The van der Waals surface area contributed by atoms with E-state index in [2.05, 4.69) is 20.4 Å². The van der Waals surface area contributed by atoms with Gasteiger partial charge in [0.05, 0.1) is 12.7 Å². The van der Waals surface area contributed by atoms with E-state index in [9.17, 15) is 9.90 Å². The molecule has 0 saturated heterocycles. The van der Waals surface area contributed by atoms with Gasteiger partial charge in [0, 0.05) is 25.5 Å². The number of aryl methyl sites for hydroxylation is 1. The molecule has 0 aromatic carbocycles. The molecule has 1 amide bonds. The van der Waals surface area contributed by atoms with Crippen LogP contribution in [0.4, 0.5) is 0 Å². The van der Waals surface area contributed by atoms with Crippen molar-refractivity contribution in [3.63, 3.8) is 0 Å². The van der Waals surface area contributed by atoms with E-state index in [4.69, 9.17) is 4.74 Å². The number of nitrogens with zero attached hydrogens (tertiary/aromatic N) is 4. The molecule has 0 aliphatic rings. The highest BCUT2D eigenvalue weighted by atomic mass is 16.5. The Morgan fingerprint density at radius 1 is 1.60 bits per heavy atom. The van der Waals surface area contributed by atoms with E-state index in [1.54, 1.807) is 12.3 Å². The summed E-state index contributed by atoms with van der Waals surface area (Å²) in [7, 11) is 1.51. The van der Waals surface area contributed by atoms with Crippen molar-refractivity contribution in [2.24, 2.45) is 0 Å². The molecule has 2 N–H and O–H groups in total. The average Bonchev–Trinajstić information content (AvgIpc) is 2.84. The van der Waals surface area contributed by atoms with E-state index in [0.29, 0.717) is 18.7 Å². The highest BCUT2D eigenvalue weighted by molar-refractivity contribution is 5.90. The number of hydrogen-bond acceptors (Lipinski definition) is 6. The Kier molecular flexibility index (Phi) is 4.59. The summed E-state index contributed by atoms with van der Waals surface area (Å²) in [5.41, 5.74) is 0.845. The van der Waals surface area contributed by atoms with Crippen LogP contribution in [0.1, 0.15) is 22.7 Å². The summed E-state index contributed by atoms with van der Waals surface area (Å²) >= 11 is 0. The van der Waals surface area contributed by atoms with E-state index < -0.39 is 6.10 Å². The van der Waals surface area contributed by atoms with Gasteiger partial charge in [-0.1, -0.05) is 0 Å². The number of rotatable bonds is 6. The highest BCUT2D eigenvalue weighted by Crippen LogP contribution is 2.01. The zero-order valence-electron chi connectivity index (χ0n) is 11.4. The van der Waals surface area contributed by atoms with E-state index in [1.807, 2.05) is 6.92 Å². The maximum absolute atomic E-state index is 11.9. The van der Waals surface area contributed by atoms with Crippen LogP contribution in [0.15, 0.2) is 12.3 Å². The summed E-state index contributed by atoms with van der Waals surface area (Å²) in [6.45, 7) is 2.42. The van der Waals surface area contributed by atoms with E-state index >= 15 is 0 Å². The van der Waals surface area contributed by atoms with E-state index in [-0.39, 0.29) is 18.3 Å². The lowest BCUT2D eigenvalue weighted by Gasteiger charge is -2.08. The van der Waals surface area contributed by atoms with Crippen LogP contribution in [-0.4, -0.2) is 57.0 Å². The molecule has 2 heterocycles. The van der Waals surface area contributed by atoms with Gasteiger partial charge in [-0.15, -0.1) is 5.10 Å². The summed E-state index contributed by atoms with van der Waals surface area (Å²) in [6.07, 6.45) is 1.42. The zero-order valence-corrected chi connectivity index (χ0v) is 11.4. The number of fused-ring (bicyclic) bond motifs is 1. The van der Waals surface area contributed by atoms with Crippen LogP contribution < -0.4 is 5.32 Å². The van der Waals surface area contributed by atoms with Crippen molar-refractivity contribution >= 4 is 11.7 Å². The second-order valence-electron chi connectivity index (χ2n) is 4.39. The number of aromatic nitrogens is 4. The quantitative estimate of drug-likeness (QED) is 0.743. The van der Waals surface area contributed by atoms with Crippen LogP contribution in [0, 0.1) is 6.92 Å². The molecule has 0 spiro atoms. The maximum Gasteiger partial charge on any atom is 0.291 e. The number of nitrogens with one attached hydrogen (secondary N) is 1. The molecule has 0 saturated carbocycles. The van der Waals surface area contributed by atoms with Gasteiger partial charge in [0.2, 0.25) is 5.82 Å². The fourth-order valence-corrected chi connectivity index (χ4v) is 1.71. The van der Waals surface area contributed by atoms with Gasteiger partial charge in [-0.3, -0.25) is 4.79 Å². The summed E-state index contributed by atoms with van der Waals surface area (Å²) in [6, 6.07) is 1.78. The number of aliphatic hydroxyl groups is 1. The molecule has 2 rings (SSSR count). The minimum absolute atomic E-state index is 0.0630. The van der Waals surface area contributed by atoms with E-state index in [1.165, 1.54) is 11.6 Å². The molecule has 8 nitrogen and oxygen atoms in total. The fourth-order valence-electron chi connectivity index (χ4n) is 1.71. The van der Waals surface area contributed by atoms with Crippen LogP contribution >= 0.6 is 0 Å². The monoisotopic (exact) mass is 279 g/mol. The molecule has 0 fully saturated rings. The highest BCUT2D eigenvalue weighted by Gasteiger charge is 2.14. The number of ether oxygens (including phenoxy) is 1. The summed E-state index contributed by atoms with van der Waals surface area (Å²) in [4.78, 5) is 20.0. The molecule has 0 aliphatic carbocycles. The van der Waals surface area contributed by atoms with Crippen molar-refractivity contribution in [1.29, 1.82) is 0 Å². The normalized spacial score (nSPS) is 12.6. The Morgan fingerprint density at radius 2 is 2.40 bits per heavy atom. The first-order valence-corrected chi connectivity index (χ1v) is 6.25. The lowest BCUT2D eigenvalue weighted by atomic mass is 10.2. The molecule has 0 radical (unpaired) electrons. The van der Waals surface area contributed by atoms with Gasteiger partial charge in [-0.25, -0.2) is 9.50 Å². The van der Waals surface area contributed by atoms with Crippen molar-refractivity contribution in [3.8, 4) is 0 Å². The van der Waals surface area contributed by atoms with Gasteiger partial charge >= 0.3 is 0 Å². The smallest absolute Gasteiger partial charge is 0.291 e. The maximum atomic E-state index is 11.9. The van der Waals surface area contributed by atoms with Gasteiger partial charge in [0.1, 0.15) is 0 Å². The van der Waals surface area contributed by atoms with Crippen molar-refractivity contribution < 1.29 is 14.6 Å². The fraction of sp³-hybridized carbons (Fsp3) is 0.500. The largest absolute Gasteiger partial charge is 0.391 e. The number of carbonyl (C=O) groups is 1. The Hall–Kier alpha value is -2.06. The van der Waals surface area contributed by atoms with Gasteiger partial charge in [-0.05, 0) is 19.4 Å². The van der Waals surface area contributed by atoms with Gasteiger partial charge in [-0.2, -0.15) is 4.98 Å². The molecule has 20 heavy (non-hydrogen) atoms. The number of aliphatic hydroxyl groups excluding tert-OH is 1. The third-order valence-electron chi connectivity index (χ3n) is 2.76. The first-order chi connectivity index (χ1) is 9.61. The Balaban J connectivity index is 1.96. The third kappa shape index (κ3) is 3.28. The van der Waals surface area contributed by atoms with Crippen LogP contribution in [0.3, 0.4) is 0 Å². The SMILES string of the molecule is COCC(O)CCNC(=O)c1nc2nccc(C)n2n1. The zero-order chi connectivity index (χ0) is 14.5. The topological polar surface area (TPSA) is 102 Å². The van der Waals surface area contributed by atoms with Crippen molar-refractivity contribution in [2.75, 3.05) is 20.3 Å². The first-order valence-electron chi connectivity index (χ1n) is 6.25. The van der Waals surface area contributed by atoms with Crippen LogP contribution in [0.25, 0.3) is 5.78 Å². The summed E-state index contributed by atoms with van der Waals surface area (Å²) in [5, 5.41) is 16.2. The predicted octanol–water partition coefficient (Wildman–Crippen LogP) is -0.440. The van der Waals surface area contributed by atoms with Crippen molar-refractivity contribution in [2.45, 2.75) is 19.4 Å². The standard InChI is InChI=1S/C12H17N5O3/c1-8-3-5-14-12-15-10(16-17(8)12)11(19)13-6-4-9(18)7-20-2/h3,5,9,18H,4,6-7H2,1-2H3,(H,13,19). The molecular formula is C12H17N5O3. The second kappa shape index (κ2) is 6.40. The van der Waals surface area contributed by atoms with Crippen molar-refractivity contribution in [3.05, 3.63) is 23.8 Å². The number of methoxy groups -OCH3 is 1. The molecule has 2 aromatic rings. The van der Waals surface area contributed by atoms with Crippen LogP contribution in [0.2, 0.25) is 0 Å². The van der Waals surface area contributed by atoms with Crippen molar-refractivity contribution in [1.82, 2.24) is 24.9 Å². The molecular weight excluding hydrogens is 262 g/mol. The average molecular weight is 279 g/mol. The molecule has 0 aliphatic heterocycles. The minimum Gasteiger partial charge on any atom is -0.391 e. The number of carbonyl (C=O) groups excluding carboxylic acids is 1. The Morgan fingerprint density at radius 3 is 3.10 bits per heavy atom. The van der Waals surface area contributed by atoms with Crippen LogP contribution in [-0.2, 0) is 4.74 Å². The van der Waals surface area contributed by atoms with Crippen LogP contribution in [0.5, 0.6) is 0 Å². The first kappa shape index (κ1) is 14.4. The molecule has 2 aromatic heterocycles. The minimum atomic E-state index is -0.599. The lowest BCUT2D eigenvalue weighted by molar-refractivity contribution is 0.0587. The number of amides is 1. The third-order valence-corrected chi connectivity index (χ3v) is 2.76. The van der Waals surface area contributed by atoms with Gasteiger partial charge in [0.15, 0.2) is 0 Å². The predicted molar refractivity (Wildman–Crippen MR) is 70.4 cm³/mol. The number of hydrogen-bond donors (Lipinski definition) is 2. The molecule has 0 bridgehead atoms. The Bertz CT molecular complexity index is 598. The summed E-state index contributed by atoms with van der Waals surface area (Å²) < 4.78 is 6.31. The molecule has 108 valence electrons. The summed E-state index contributed by atoms with van der Waals surface area (Å²) in [5.74, 6) is 0.0575. The second-order valence-corrected chi connectivity index (χ2v) is 4.39. The lowest BCUT2D eigenvalue weighted by Crippen LogP contribution is -2.29. The van der Waals surface area contributed by atoms with E-state index in [0.717, 1.165) is 5.69 Å². The molecule has 1 unspecified atom stereocenters. The van der Waals surface area contributed by atoms with Gasteiger partial charge < -0.3 is 15.2 Å².